The van der Waals surface area contributed by atoms with Gasteiger partial charge in [0, 0.05) is 23.3 Å². The molecule has 1 aromatic heterocycles. The van der Waals surface area contributed by atoms with Crippen LogP contribution in [-0.4, -0.2) is 0 Å². The van der Waals surface area contributed by atoms with Crippen LogP contribution >= 0.6 is 15.9 Å². The van der Waals surface area contributed by atoms with Gasteiger partial charge in [0.05, 0.1) is 4.47 Å². The van der Waals surface area contributed by atoms with E-state index in [2.05, 4.69) is 32.6 Å². The lowest BCUT2D eigenvalue weighted by Crippen LogP contribution is -3.00. The molecule has 0 aliphatic rings. The van der Waals surface area contributed by atoms with Crippen LogP contribution in [0.5, 0.6) is 11.5 Å². The number of aromatic nitrogens is 1. The number of halogens is 3. The molecule has 0 aliphatic carbocycles. The van der Waals surface area contributed by atoms with Crippen LogP contribution < -0.4 is 31.0 Å². The van der Waals surface area contributed by atoms with Crippen LogP contribution in [0.1, 0.15) is 16.7 Å². The van der Waals surface area contributed by atoms with Crippen molar-refractivity contribution in [1.29, 1.82) is 0 Å². The smallest absolute Gasteiger partial charge is 0.208 e. The summed E-state index contributed by atoms with van der Waals surface area (Å²) in [5, 5.41) is 0. The van der Waals surface area contributed by atoms with Crippen molar-refractivity contribution in [3.8, 4) is 11.5 Å². The maximum atomic E-state index is 15.0. The van der Waals surface area contributed by atoms with Gasteiger partial charge < -0.3 is 26.5 Å². The Morgan fingerprint density at radius 1 is 0.688 bits per heavy atom. The van der Waals surface area contributed by atoms with Gasteiger partial charge in [-0.05, 0) is 33.6 Å². The van der Waals surface area contributed by atoms with Crippen molar-refractivity contribution >= 4 is 15.9 Å². The lowest BCUT2D eigenvalue weighted by Gasteiger charge is -2.13. The molecular weight excluding hydrogens is 537 g/mol. The normalized spacial score (nSPS) is 10.3. The van der Waals surface area contributed by atoms with Gasteiger partial charge in [0.1, 0.15) is 13.2 Å². The van der Waals surface area contributed by atoms with Crippen LogP contribution in [0, 0.1) is 5.82 Å². The summed E-state index contributed by atoms with van der Waals surface area (Å²) >= 11 is 3.37. The van der Waals surface area contributed by atoms with Gasteiger partial charge in [-0.2, -0.15) is 4.39 Å². The average Bonchev–Trinajstić information content (AvgIpc) is 2.81. The molecule has 164 valence electrons. The van der Waals surface area contributed by atoms with Crippen molar-refractivity contribution in [2.45, 2.75) is 19.8 Å². The quantitative estimate of drug-likeness (QED) is 0.310. The van der Waals surface area contributed by atoms with Gasteiger partial charge in [0.25, 0.3) is 0 Å². The summed E-state index contributed by atoms with van der Waals surface area (Å²) < 4.78 is 29.1. The minimum Gasteiger partial charge on any atom is -1.00 e. The highest BCUT2D eigenvalue weighted by molar-refractivity contribution is 9.10. The lowest BCUT2D eigenvalue weighted by molar-refractivity contribution is -0.688. The summed E-state index contributed by atoms with van der Waals surface area (Å²) in [6, 6.07) is 27.2. The van der Waals surface area contributed by atoms with Crippen LogP contribution in [-0.2, 0) is 19.8 Å². The minimum absolute atomic E-state index is 0. The van der Waals surface area contributed by atoms with Gasteiger partial charge in [0.2, 0.25) is 5.82 Å². The monoisotopic (exact) mass is 557 g/mol. The predicted octanol–water partition coefficient (Wildman–Crippen LogP) is 3.09. The molecule has 0 amide bonds. The fourth-order valence-electron chi connectivity index (χ4n) is 3.13. The van der Waals surface area contributed by atoms with E-state index in [1.165, 1.54) is 5.56 Å². The third kappa shape index (κ3) is 6.40. The summed E-state index contributed by atoms with van der Waals surface area (Å²) in [6.07, 6.45) is 3.99. The molecule has 0 saturated carbocycles. The molecule has 0 N–H and O–H groups in total. The summed E-state index contributed by atoms with van der Waals surface area (Å²) in [7, 11) is 0. The van der Waals surface area contributed by atoms with E-state index in [9.17, 15) is 4.39 Å². The lowest BCUT2D eigenvalue weighted by atomic mass is 10.2. The highest BCUT2D eigenvalue weighted by Gasteiger charge is 2.15. The van der Waals surface area contributed by atoms with Crippen molar-refractivity contribution in [3.05, 3.63) is 124 Å². The van der Waals surface area contributed by atoms with E-state index in [0.717, 1.165) is 17.7 Å². The van der Waals surface area contributed by atoms with Crippen LogP contribution in [0.15, 0.2) is 102 Å². The van der Waals surface area contributed by atoms with E-state index in [1.807, 2.05) is 73.1 Å². The molecule has 4 aromatic rings. The largest absolute Gasteiger partial charge is 1.00 e. The molecule has 0 bridgehead atoms. The van der Waals surface area contributed by atoms with Crippen molar-refractivity contribution < 1.29 is 35.4 Å². The molecular formula is C26H22Br2FNO2. The van der Waals surface area contributed by atoms with Gasteiger partial charge in [-0.1, -0.05) is 60.7 Å². The molecule has 1 heterocycles. The van der Waals surface area contributed by atoms with Gasteiger partial charge in [-0.3, -0.25) is 0 Å². The Bertz CT molecular complexity index is 1120. The molecule has 4 rings (SSSR count). The van der Waals surface area contributed by atoms with Gasteiger partial charge in [0.15, 0.2) is 30.4 Å². The Balaban J connectivity index is 0.00000289. The molecule has 0 atom stereocenters. The molecule has 0 unspecified atom stereocenters. The fraction of sp³-hybridized carbons (Fsp3) is 0.115. The Hall–Kier alpha value is -2.70. The number of ether oxygens (including phenoxy) is 2. The third-order valence-electron chi connectivity index (χ3n) is 4.80. The van der Waals surface area contributed by atoms with Crippen molar-refractivity contribution in [2.75, 3.05) is 0 Å². The topological polar surface area (TPSA) is 22.3 Å². The summed E-state index contributed by atoms with van der Waals surface area (Å²) in [5.74, 6) is -0.206. The number of hydrogen-bond donors (Lipinski definition) is 0. The second kappa shape index (κ2) is 11.8. The number of rotatable bonds is 8. The molecule has 3 aromatic carbocycles. The summed E-state index contributed by atoms with van der Waals surface area (Å²) in [6.45, 7) is 1.34. The Morgan fingerprint density at radius 2 is 1.25 bits per heavy atom. The van der Waals surface area contributed by atoms with Gasteiger partial charge in [-0.25, -0.2) is 4.57 Å². The Kier molecular flexibility index (Phi) is 8.82. The predicted molar refractivity (Wildman–Crippen MR) is 121 cm³/mol. The van der Waals surface area contributed by atoms with Crippen molar-refractivity contribution in [3.63, 3.8) is 0 Å². The van der Waals surface area contributed by atoms with Gasteiger partial charge >= 0.3 is 0 Å². The highest BCUT2D eigenvalue weighted by Crippen LogP contribution is 2.35. The molecule has 0 radical (unpaired) electrons. The van der Waals surface area contributed by atoms with E-state index in [-0.39, 0.29) is 35.1 Å². The first-order chi connectivity index (χ1) is 15.2. The van der Waals surface area contributed by atoms with Crippen LogP contribution in [0.2, 0.25) is 0 Å². The van der Waals surface area contributed by atoms with Gasteiger partial charge in [-0.15, -0.1) is 0 Å². The first-order valence-electron chi connectivity index (χ1n) is 9.98. The first kappa shape index (κ1) is 24.0. The van der Waals surface area contributed by atoms with Crippen molar-refractivity contribution in [1.82, 2.24) is 0 Å². The Labute approximate surface area is 206 Å². The molecule has 32 heavy (non-hydrogen) atoms. The molecule has 0 fully saturated rings. The molecule has 0 aliphatic heterocycles. The third-order valence-corrected chi connectivity index (χ3v) is 5.43. The SMILES string of the molecule is Fc1c(OCc2ccccc2)ccc(Br)c1OCc1cc[n+](Cc2ccccc2)cc1.[Br-]. The summed E-state index contributed by atoms with van der Waals surface area (Å²) in [4.78, 5) is 0. The zero-order valence-electron chi connectivity index (χ0n) is 17.3. The number of pyridine rings is 1. The van der Waals surface area contributed by atoms with Crippen LogP contribution in [0.4, 0.5) is 4.39 Å². The summed E-state index contributed by atoms with van der Waals surface area (Å²) in [5.41, 5.74) is 3.15. The maximum Gasteiger partial charge on any atom is 0.208 e. The number of nitrogens with zero attached hydrogens (tertiary/aromatic N) is 1. The molecule has 6 heteroatoms. The average molecular weight is 559 g/mol. The minimum atomic E-state index is -0.514. The second-order valence-electron chi connectivity index (χ2n) is 7.12. The van der Waals surface area contributed by atoms with Crippen molar-refractivity contribution in [2.24, 2.45) is 0 Å². The number of hydrogen-bond acceptors (Lipinski definition) is 2. The standard InChI is InChI=1S/C26H22BrFNO2.BrH/c27-23-11-12-24(30-18-21-9-5-2-6-10-21)25(28)26(23)31-19-22-13-15-29(16-14-22)17-20-7-3-1-4-8-20;/h1-16H,17-19H2;1H/q+1;/p-1. The van der Waals surface area contributed by atoms with Crippen LogP contribution in [0.25, 0.3) is 0 Å². The molecule has 3 nitrogen and oxygen atoms in total. The van der Waals surface area contributed by atoms with E-state index < -0.39 is 5.82 Å². The van der Waals surface area contributed by atoms with E-state index >= 15 is 0 Å². The van der Waals surface area contributed by atoms with E-state index in [0.29, 0.717) is 11.1 Å². The van der Waals surface area contributed by atoms with Crippen LogP contribution in [0.3, 0.4) is 0 Å². The van der Waals surface area contributed by atoms with E-state index in [4.69, 9.17) is 9.47 Å². The first-order valence-corrected chi connectivity index (χ1v) is 10.8. The number of benzene rings is 3. The second-order valence-corrected chi connectivity index (χ2v) is 7.97. The zero-order chi connectivity index (χ0) is 21.5. The van der Waals surface area contributed by atoms with E-state index in [1.54, 1.807) is 12.1 Å². The highest BCUT2D eigenvalue weighted by atomic mass is 79.9. The fourth-order valence-corrected chi connectivity index (χ4v) is 3.55. The maximum absolute atomic E-state index is 15.0. The zero-order valence-corrected chi connectivity index (χ0v) is 20.4. The molecule has 0 saturated heterocycles. The Morgan fingerprint density at radius 3 is 1.91 bits per heavy atom. The molecule has 0 spiro atoms.